The molecule has 0 fully saturated rings. The Kier molecular flexibility index (Phi) is 8.44. The number of nitrogens with one attached hydrogen (secondary N) is 2. The molecule has 0 aliphatic carbocycles. The number of aryl methyl sites for hydroxylation is 1. The van der Waals surface area contributed by atoms with E-state index in [0.717, 1.165) is 0 Å². The van der Waals surface area contributed by atoms with Crippen molar-refractivity contribution in [3.05, 3.63) is 88.4 Å². The smallest absolute Gasteiger partial charge is 0.262 e. The Morgan fingerprint density at radius 1 is 1.00 bits per heavy atom. The molecule has 0 aliphatic rings. The van der Waals surface area contributed by atoms with E-state index in [1.165, 1.54) is 24.3 Å². The third-order valence-electron chi connectivity index (χ3n) is 4.89. The van der Waals surface area contributed by atoms with E-state index in [-0.39, 0.29) is 22.8 Å². The zero-order valence-electron chi connectivity index (χ0n) is 18.8. The van der Waals surface area contributed by atoms with Gasteiger partial charge in [-0.2, -0.15) is 0 Å². The van der Waals surface area contributed by atoms with Crippen LogP contribution in [0.5, 0.6) is 5.75 Å². The molecule has 0 aromatic heterocycles. The van der Waals surface area contributed by atoms with Crippen LogP contribution in [-0.2, 0) is 14.8 Å². The Labute approximate surface area is 204 Å². The molecule has 9 heteroatoms. The lowest BCUT2D eigenvalue weighted by molar-refractivity contribution is -0.118. The number of carbonyl (C=O) groups is 2. The molecule has 0 spiro atoms. The Bertz CT molecular complexity index is 1290. The van der Waals surface area contributed by atoms with Gasteiger partial charge in [-0.05, 0) is 55.3 Å². The first-order chi connectivity index (χ1) is 16.2. The van der Waals surface area contributed by atoms with Gasteiger partial charge >= 0.3 is 0 Å². The monoisotopic (exact) mass is 500 g/mol. The molecule has 3 rings (SSSR count). The molecule has 1 amide bonds. The van der Waals surface area contributed by atoms with Crippen molar-refractivity contribution in [1.82, 2.24) is 4.72 Å². The van der Waals surface area contributed by atoms with Crippen LogP contribution in [0.1, 0.15) is 34.8 Å². The average Bonchev–Trinajstić information content (AvgIpc) is 2.83. The summed E-state index contributed by atoms with van der Waals surface area (Å²) < 4.78 is 32.7. The van der Waals surface area contributed by atoms with Crippen molar-refractivity contribution in [3.63, 3.8) is 0 Å². The molecule has 0 radical (unpaired) electrons. The number of anilines is 1. The summed E-state index contributed by atoms with van der Waals surface area (Å²) in [6.07, 6.45) is 0.681. The number of amides is 1. The summed E-state index contributed by atoms with van der Waals surface area (Å²) >= 11 is 6.08. The minimum atomic E-state index is -3.60. The van der Waals surface area contributed by atoms with Crippen molar-refractivity contribution in [2.45, 2.75) is 25.2 Å². The first kappa shape index (κ1) is 25.4. The first-order valence-corrected chi connectivity index (χ1v) is 12.5. The van der Waals surface area contributed by atoms with Crippen LogP contribution in [0, 0.1) is 6.92 Å². The molecule has 178 valence electrons. The number of hydrogen-bond acceptors (Lipinski definition) is 5. The van der Waals surface area contributed by atoms with Gasteiger partial charge in [0.2, 0.25) is 10.0 Å². The van der Waals surface area contributed by atoms with E-state index in [1.54, 1.807) is 49.4 Å². The van der Waals surface area contributed by atoms with Crippen molar-refractivity contribution in [1.29, 1.82) is 0 Å². The SMILES string of the molecule is CCCNS(=O)(=O)c1ccc(OCC(=O)Nc2ccc(Cl)cc2C(=O)c2ccccc2)c(C)c1. The van der Waals surface area contributed by atoms with Crippen LogP contribution in [-0.4, -0.2) is 33.3 Å². The quantitative estimate of drug-likeness (QED) is 0.396. The van der Waals surface area contributed by atoms with Crippen LogP contribution in [0.2, 0.25) is 5.02 Å². The molecule has 0 heterocycles. The van der Waals surface area contributed by atoms with E-state index in [2.05, 4.69) is 10.0 Å². The number of ether oxygens (including phenoxy) is 1. The van der Waals surface area contributed by atoms with Crippen molar-refractivity contribution in [2.24, 2.45) is 0 Å². The van der Waals surface area contributed by atoms with Crippen molar-refractivity contribution >= 4 is 39.0 Å². The van der Waals surface area contributed by atoms with E-state index < -0.39 is 15.9 Å². The molecule has 2 N–H and O–H groups in total. The third-order valence-corrected chi connectivity index (χ3v) is 6.59. The van der Waals surface area contributed by atoms with Crippen LogP contribution in [0.15, 0.2) is 71.6 Å². The Morgan fingerprint density at radius 2 is 1.74 bits per heavy atom. The van der Waals surface area contributed by atoms with Crippen molar-refractivity contribution in [3.8, 4) is 5.75 Å². The highest BCUT2D eigenvalue weighted by molar-refractivity contribution is 7.89. The van der Waals surface area contributed by atoms with Gasteiger partial charge in [0.15, 0.2) is 12.4 Å². The minimum absolute atomic E-state index is 0.125. The standard InChI is InChI=1S/C25H25ClN2O5S/c1-3-13-27-34(31,32)20-10-12-23(17(2)14-20)33-16-24(29)28-22-11-9-19(26)15-21(22)25(30)18-7-5-4-6-8-18/h4-12,14-15,27H,3,13,16H2,1-2H3,(H,28,29). The number of sulfonamides is 1. The van der Waals surface area contributed by atoms with Gasteiger partial charge in [-0.3, -0.25) is 9.59 Å². The van der Waals surface area contributed by atoms with Gasteiger partial charge in [-0.1, -0.05) is 48.9 Å². The molecule has 7 nitrogen and oxygen atoms in total. The van der Waals surface area contributed by atoms with Gasteiger partial charge in [-0.15, -0.1) is 0 Å². The number of halogens is 1. The average molecular weight is 501 g/mol. The maximum Gasteiger partial charge on any atom is 0.262 e. The van der Waals surface area contributed by atoms with E-state index in [4.69, 9.17) is 16.3 Å². The Balaban J connectivity index is 1.70. The first-order valence-electron chi connectivity index (χ1n) is 10.6. The number of carbonyl (C=O) groups excluding carboxylic acids is 2. The van der Waals surface area contributed by atoms with Gasteiger partial charge in [0, 0.05) is 22.7 Å². The van der Waals surface area contributed by atoms with E-state index in [9.17, 15) is 18.0 Å². The lowest BCUT2D eigenvalue weighted by Crippen LogP contribution is -2.24. The van der Waals surface area contributed by atoms with Gasteiger partial charge in [-0.25, -0.2) is 13.1 Å². The second-order valence-electron chi connectivity index (χ2n) is 7.55. The fourth-order valence-electron chi connectivity index (χ4n) is 3.16. The largest absolute Gasteiger partial charge is 0.483 e. The molecule has 3 aromatic rings. The summed E-state index contributed by atoms with van der Waals surface area (Å²) in [5.74, 6) is -0.380. The van der Waals surface area contributed by atoms with Crippen LogP contribution >= 0.6 is 11.6 Å². The van der Waals surface area contributed by atoms with Crippen LogP contribution < -0.4 is 14.8 Å². The predicted octanol–water partition coefficient (Wildman–Crippen LogP) is 4.59. The lowest BCUT2D eigenvalue weighted by atomic mass is 10.0. The molecule has 0 aliphatic heterocycles. The molecule has 0 bridgehead atoms. The molecule has 0 saturated carbocycles. The topological polar surface area (TPSA) is 102 Å². The van der Waals surface area contributed by atoms with E-state index >= 15 is 0 Å². The number of rotatable bonds is 10. The summed E-state index contributed by atoms with van der Waals surface area (Å²) in [6.45, 7) is 3.59. The predicted molar refractivity (Wildman–Crippen MR) is 132 cm³/mol. The van der Waals surface area contributed by atoms with Gasteiger partial charge < -0.3 is 10.1 Å². The maximum absolute atomic E-state index is 12.9. The molecular weight excluding hydrogens is 476 g/mol. The number of ketones is 1. The molecule has 0 unspecified atom stereocenters. The highest BCUT2D eigenvalue weighted by Crippen LogP contribution is 2.25. The normalized spacial score (nSPS) is 11.1. The molecule has 3 aromatic carbocycles. The minimum Gasteiger partial charge on any atom is -0.483 e. The fourth-order valence-corrected chi connectivity index (χ4v) is 4.55. The van der Waals surface area contributed by atoms with E-state index in [1.807, 2.05) is 6.92 Å². The Hall–Kier alpha value is -3.20. The van der Waals surface area contributed by atoms with Crippen LogP contribution in [0.4, 0.5) is 5.69 Å². The Morgan fingerprint density at radius 3 is 2.41 bits per heavy atom. The summed E-state index contributed by atoms with van der Waals surface area (Å²) in [5.41, 5.74) is 1.61. The molecule has 0 saturated heterocycles. The second kappa shape index (κ2) is 11.3. The molecule has 0 atom stereocenters. The summed E-state index contributed by atoms with van der Waals surface area (Å²) in [7, 11) is -3.60. The zero-order chi connectivity index (χ0) is 24.7. The van der Waals surface area contributed by atoms with Gasteiger partial charge in [0.05, 0.1) is 10.6 Å². The van der Waals surface area contributed by atoms with Crippen molar-refractivity contribution < 1.29 is 22.7 Å². The second-order valence-corrected chi connectivity index (χ2v) is 9.75. The lowest BCUT2D eigenvalue weighted by Gasteiger charge is -2.13. The van der Waals surface area contributed by atoms with Crippen LogP contribution in [0.3, 0.4) is 0 Å². The summed E-state index contributed by atoms with van der Waals surface area (Å²) in [5, 5.41) is 3.06. The van der Waals surface area contributed by atoms with Crippen molar-refractivity contribution in [2.75, 3.05) is 18.5 Å². The van der Waals surface area contributed by atoms with Gasteiger partial charge in [0.25, 0.3) is 5.91 Å². The van der Waals surface area contributed by atoms with Gasteiger partial charge in [0.1, 0.15) is 5.75 Å². The summed E-state index contributed by atoms with van der Waals surface area (Å²) in [6, 6.07) is 17.7. The van der Waals surface area contributed by atoms with Crippen LogP contribution in [0.25, 0.3) is 0 Å². The fraction of sp³-hybridized carbons (Fsp3) is 0.200. The molecule has 34 heavy (non-hydrogen) atoms. The summed E-state index contributed by atoms with van der Waals surface area (Å²) in [4.78, 5) is 25.6. The number of hydrogen-bond donors (Lipinski definition) is 2. The van der Waals surface area contributed by atoms with E-state index in [0.29, 0.717) is 40.6 Å². The number of benzene rings is 3. The maximum atomic E-state index is 12.9. The third kappa shape index (κ3) is 6.44. The highest BCUT2D eigenvalue weighted by atomic mass is 35.5. The highest BCUT2D eigenvalue weighted by Gasteiger charge is 2.18. The molecular formula is C25H25ClN2O5S. The zero-order valence-corrected chi connectivity index (χ0v) is 20.4.